The van der Waals surface area contributed by atoms with Crippen LogP contribution in [0.4, 0.5) is 0 Å². The molecule has 27 heavy (non-hydrogen) atoms. The Morgan fingerprint density at radius 3 is 2.70 bits per heavy atom. The zero-order valence-electron chi connectivity index (χ0n) is 14.8. The van der Waals surface area contributed by atoms with Crippen LogP contribution in [-0.4, -0.2) is 41.5 Å². The highest BCUT2D eigenvalue weighted by molar-refractivity contribution is 6.15. The lowest BCUT2D eigenvalue weighted by atomic mass is 9.94. The zero-order valence-corrected chi connectivity index (χ0v) is 14.8. The molecule has 140 valence electrons. The molecular weight excluding hydrogens is 350 g/mol. The second-order valence-electron chi connectivity index (χ2n) is 6.37. The van der Waals surface area contributed by atoms with Crippen LogP contribution in [0.25, 0.3) is 0 Å². The normalized spacial score (nSPS) is 18.9. The summed E-state index contributed by atoms with van der Waals surface area (Å²) in [5.41, 5.74) is 0.681. The predicted octanol–water partition coefficient (Wildman–Crippen LogP) is 3.04. The van der Waals surface area contributed by atoms with Gasteiger partial charge in [-0.25, -0.2) is 0 Å². The highest BCUT2D eigenvalue weighted by Gasteiger charge is 2.44. The van der Waals surface area contributed by atoms with Gasteiger partial charge in [-0.05, 0) is 36.2 Å². The van der Waals surface area contributed by atoms with Crippen molar-refractivity contribution in [2.45, 2.75) is 19.4 Å². The Labute approximate surface area is 155 Å². The molecule has 0 saturated carbocycles. The van der Waals surface area contributed by atoms with Crippen LogP contribution in [0.1, 0.15) is 35.5 Å². The van der Waals surface area contributed by atoms with Gasteiger partial charge in [0.05, 0.1) is 17.9 Å². The number of Topliss-reactive ketones (excluding diaryl/α,β-unsaturated/α-hetero) is 1. The summed E-state index contributed by atoms with van der Waals surface area (Å²) in [6, 6.07) is 7.67. The summed E-state index contributed by atoms with van der Waals surface area (Å²) in [4.78, 5) is 27.1. The minimum absolute atomic E-state index is 0.0140. The van der Waals surface area contributed by atoms with Crippen LogP contribution in [0.5, 0.6) is 11.5 Å². The molecule has 2 aliphatic heterocycles. The Balaban J connectivity index is 1.80. The van der Waals surface area contributed by atoms with Crippen molar-refractivity contribution in [3.63, 3.8) is 0 Å². The average molecular weight is 369 g/mol. The Hall–Kier alpha value is -3.22. The first kappa shape index (κ1) is 17.2. The summed E-state index contributed by atoms with van der Waals surface area (Å²) in [6.07, 6.45) is 2.06. The maximum atomic E-state index is 12.9. The number of benzene rings is 1. The van der Waals surface area contributed by atoms with E-state index >= 15 is 0 Å². The molecule has 0 radical (unpaired) electrons. The number of carbonyl (C=O) groups excluding carboxylic acids is 2. The van der Waals surface area contributed by atoms with Crippen LogP contribution in [0.2, 0.25) is 0 Å². The molecule has 0 spiro atoms. The monoisotopic (exact) mass is 369 g/mol. The standard InChI is InChI=1S/C20H19NO6/c1-2-7-21-17(12-5-6-13-15(11-12)27-10-9-26-13)16(19(23)20(21)24)18(22)14-4-3-8-25-14/h3-6,8,11,17,23H,2,7,9-10H2,1H3. The van der Waals surface area contributed by atoms with Crippen LogP contribution >= 0.6 is 0 Å². The molecule has 1 atom stereocenters. The first-order valence-corrected chi connectivity index (χ1v) is 8.83. The van der Waals surface area contributed by atoms with Gasteiger partial charge in [-0.2, -0.15) is 0 Å². The molecule has 0 aliphatic carbocycles. The van der Waals surface area contributed by atoms with E-state index in [0.717, 1.165) is 0 Å². The Bertz CT molecular complexity index is 915. The molecule has 7 nitrogen and oxygen atoms in total. The summed E-state index contributed by atoms with van der Waals surface area (Å²) in [7, 11) is 0. The van der Waals surface area contributed by atoms with Crippen molar-refractivity contribution >= 4 is 11.7 Å². The molecule has 1 aromatic heterocycles. The second kappa shape index (κ2) is 6.83. The van der Waals surface area contributed by atoms with E-state index in [9.17, 15) is 14.7 Å². The van der Waals surface area contributed by atoms with Crippen LogP contribution in [0, 0.1) is 0 Å². The number of fused-ring (bicyclic) bond motifs is 1. The van der Waals surface area contributed by atoms with E-state index in [1.165, 1.54) is 17.2 Å². The molecule has 3 heterocycles. The lowest BCUT2D eigenvalue weighted by Crippen LogP contribution is -2.32. The first-order chi connectivity index (χ1) is 13.1. The van der Waals surface area contributed by atoms with Crippen molar-refractivity contribution in [2.75, 3.05) is 19.8 Å². The molecule has 1 N–H and O–H groups in total. The summed E-state index contributed by atoms with van der Waals surface area (Å²) < 4.78 is 16.4. The number of amides is 1. The summed E-state index contributed by atoms with van der Waals surface area (Å²) >= 11 is 0. The fourth-order valence-electron chi connectivity index (χ4n) is 3.47. The van der Waals surface area contributed by atoms with E-state index in [-0.39, 0.29) is 11.3 Å². The SMILES string of the molecule is CCCN1C(=O)C(O)=C(C(=O)c2ccco2)C1c1ccc2c(c1)OCCO2. The van der Waals surface area contributed by atoms with Gasteiger partial charge in [-0.15, -0.1) is 0 Å². The molecule has 1 aromatic carbocycles. The molecule has 4 rings (SSSR count). The zero-order chi connectivity index (χ0) is 19.0. The van der Waals surface area contributed by atoms with Crippen LogP contribution in [-0.2, 0) is 4.79 Å². The summed E-state index contributed by atoms with van der Waals surface area (Å²) in [6.45, 7) is 3.23. The van der Waals surface area contributed by atoms with Gasteiger partial charge in [0.15, 0.2) is 23.0 Å². The third kappa shape index (κ3) is 2.85. The number of carbonyl (C=O) groups is 2. The molecule has 0 bridgehead atoms. The van der Waals surface area contributed by atoms with Crippen LogP contribution in [0.15, 0.2) is 52.3 Å². The fraction of sp³-hybridized carbons (Fsp3) is 0.300. The van der Waals surface area contributed by atoms with Gasteiger partial charge < -0.3 is 23.9 Å². The summed E-state index contributed by atoms with van der Waals surface area (Å²) in [5, 5.41) is 10.5. The molecule has 0 saturated heterocycles. The average Bonchev–Trinajstić information content (AvgIpc) is 3.31. The Morgan fingerprint density at radius 1 is 1.22 bits per heavy atom. The van der Waals surface area contributed by atoms with Crippen LogP contribution in [0.3, 0.4) is 0 Å². The molecule has 1 unspecified atom stereocenters. The van der Waals surface area contributed by atoms with Gasteiger partial charge in [0.1, 0.15) is 13.2 Å². The fourth-order valence-corrected chi connectivity index (χ4v) is 3.47. The van der Waals surface area contributed by atoms with E-state index in [0.29, 0.717) is 43.2 Å². The van der Waals surface area contributed by atoms with Crippen molar-refractivity contribution in [3.05, 3.63) is 59.3 Å². The van der Waals surface area contributed by atoms with Gasteiger partial charge in [0.25, 0.3) is 5.91 Å². The Kier molecular flexibility index (Phi) is 4.35. The minimum atomic E-state index is -0.717. The largest absolute Gasteiger partial charge is 0.503 e. The van der Waals surface area contributed by atoms with Gasteiger partial charge in [-0.3, -0.25) is 9.59 Å². The van der Waals surface area contributed by atoms with Crippen molar-refractivity contribution in [2.24, 2.45) is 0 Å². The predicted molar refractivity (Wildman–Crippen MR) is 94.9 cm³/mol. The number of furan rings is 1. The van der Waals surface area contributed by atoms with Crippen molar-refractivity contribution in [3.8, 4) is 11.5 Å². The van der Waals surface area contributed by atoms with E-state index in [1.54, 1.807) is 24.3 Å². The molecule has 2 aliphatic rings. The van der Waals surface area contributed by atoms with E-state index in [4.69, 9.17) is 13.9 Å². The molecule has 0 fully saturated rings. The van der Waals surface area contributed by atoms with Crippen molar-refractivity contribution in [1.29, 1.82) is 0 Å². The first-order valence-electron chi connectivity index (χ1n) is 8.83. The number of ketones is 1. The second-order valence-corrected chi connectivity index (χ2v) is 6.37. The molecule has 1 amide bonds. The lowest BCUT2D eigenvalue weighted by molar-refractivity contribution is -0.129. The van der Waals surface area contributed by atoms with Gasteiger partial charge in [-0.1, -0.05) is 13.0 Å². The highest BCUT2D eigenvalue weighted by Crippen LogP contribution is 2.42. The quantitative estimate of drug-likeness (QED) is 0.815. The van der Waals surface area contributed by atoms with Gasteiger partial charge >= 0.3 is 0 Å². The summed E-state index contributed by atoms with van der Waals surface area (Å²) in [5.74, 6) is -0.367. The van der Waals surface area contributed by atoms with Gasteiger partial charge in [0, 0.05) is 6.54 Å². The number of nitrogens with zero attached hydrogens (tertiary/aromatic N) is 1. The van der Waals surface area contributed by atoms with Crippen molar-refractivity contribution < 1.29 is 28.6 Å². The number of hydrogen-bond acceptors (Lipinski definition) is 6. The van der Waals surface area contributed by atoms with E-state index in [2.05, 4.69) is 0 Å². The van der Waals surface area contributed by atoms with Crippen molar-refractivity contribution in [1.82, 2.24) is 4.90 Å². The molecule has 2 aromatic rings. The number of rotatable bonds is 5. The van der Waals surface area contributed by atoms with Gasteiger partial charge in [0.2, 0.25) is 5.78 Å². The van der Waals surface area contributed by atoms with E-state index in [1.807, 2.05) is 6.92 Å². The molecular formula is C20H19NO6. The smallest absolute Gasteiger partial charge is 0.290 e. The lowest BCUT2D eigenvalue weighted by Gasteiger charge is -2.27. The minimum Gasteiger partial charge on any atom is -0.503 e. The highest BCUT2D eigenvalue weighted by atomic mass is 16.6. The van der Waals surface area contributed by atoms with E-state index < -0.39 is 23.5 Å². The third-order valence-electron chi connectivity index (χ3n) is 4.64. The number of hydrogen-bond donors (Lipinski definition) is 1. The maximum absolute atomic E-state index is 12.9. The Morgan fingerprint density at radius 2 is 2.00 bits per heavy atom. The topological polar surface area (TPSA) is 89.2 Å². The third-order valence-corrected chi connectivity index (χ3v) is 4.64. The number of aliphatic hydroxyl groups is 1. The number of aliphatic hydroxyl groups excluding tert-OH is 1. The number of ether oxygens (including phenoxy) is 2. The maximum Gasteiger partial charge on any atom is 0.290 e. The van der Waals surface area contributed by atoms with Crippen LogP contribution < -0.4 is 9.47 Å². The molecule has 7 heteroatoms.